The van der Waals surface area contributed by atoms with Crippen molar-refractivity contribution in [2.45, 2.75) is 5.41 Å². The van der Waals surface area contributed by atoms with Gasteiger partial charge in [0.15, 0.2) is 17.5 Å². The molecule has 0 saturated heterocycles. The van der Waals surface area contributed by atoms with E-state index in [1.807, 2.05) is 18.2 Å². The third-order valence-corrected chi connectivity index (χ3v) is 11.3. The molecular formula is C51H32N4. The number of aromatic nitrogens is 4. The van der Waals surface area contributed by atoms with Gasteiger partial charge >= 0.3 is 0 Å². The van der Waals surface area contributed by atoms with E-state index >= 15 is 0 Å². The van der Waals surface area contributed by atoms with Crippen molar-refractivity contribution < 1.29 is 0 Å². The number of hydrogen-bond donors (Lipinski definition) is 0. The summed E-state index contributed by atoms with van der Waals surface area (Å²) >= 11 is 0. The second-order valence-electron chi connectivity index (χ2n) is 14.2. The van der Waals surface area contributed by atoms with Crippen molar-refractivity contribution in [3.8, 4) is 78.7 Å². The van der Waals surface area contributed by atoms with Crippen molar-refractivity contribution >= 4 is 0 Å². The van der Waals surface area contributed by atoms with Crippen LogP contribution in [0, 0.1) is 0 Å². The maximum atomic E-state index is 5.07. The van der Waals surface area contributed by atoms with Gasteiger partial charge in [-0.05, 0) is 91.0 Å². The summed E-state index contributed by atoms with van der Waals surface area (Å²) in [5, 5.41) is 0. The first kappa shape index (κ1) is 31.2. The summed E-state index contributed by atoms with van der Waals surface area (Å²) in [6, 6.07) is 65.1. The van der Waals surface area contributed by atoms with Gasteiger partial charge in [0.1, 0.15) is 0 Å². The molecule has 11 rings (SSSR count). The highest BCUT2D eigenvalue weighted by atomic mass is 15.0. The molecule has 9 aromatic rings. The Morgan fingerprint density at radius 1 is 0.291 bits per heavy atom. The predicted octanol–water partition coefficient (Wildman–Crippen LogP) is 11.9. The fourth-order valence-electron chi connectivity index (χ4n) is 8.82. The number of fused-ring (bicyclic) bond motifs is 10. The van der Waals surface area contributed by atoms with Gasteiger partial charge in [0.2, 0.25) is 0 Å². The normalized spacial score (nSPS) is 12.9. The Morgan fingerprint density at radius 3 is 1.40 bits per heavy atom. The smallest absolute Gasteiger partial charge is 0.165 e. The van der Waals surface area contributed by atoms with Gasteiger partial charge in [-0.2, -0.15) is 0 Å². The van der Waals surface area contributed by atoms with Gasteiger partial charge in [0.05, 0.1) is 5.41 Å². The molecule has 2 aliphatic rings. The first-order valence-corrected chi connectivity index (χ1v) is 18.6. The minimum absolute atomic E-state index is 0.358. The molecule has 55 heavy (non-hydrogen) atoms. The second-order valence-corrected chi connectivity index (χ2v) is 14.2. The topological polar surface area (TPSA) is 51.6 Å². The Bertz CT molecular complexity index is 2870. The summed E-state index contributed by atoms with van der Waals surface area (Å²) in [6.07, 6.45) is 3.56. The Balaban J connectivity index is 1.03. The van der Waals surface area contributed by atoms with E-state index < -0.39 is 0 Å². The zero-order valence-corrected chi connectivity index (χ0v) is 29.8. The van der Waals surface area contributed by atoms with Crippen molar-refractivity contribution in [1.82, 2.24) is 19.9 Å². The Hall–Kier alpha value is -7.30. The highest BCUT2D eigenvalue weighted by Crippen LogP contribution is 2.62. The Morgan fingerprint density at radius 2 is 0.745 bits per heavy atom. The molecule has 0 fully saturated rings. The first-order valence-electron chi connectivity index (χ1n) is 18.6. The van der Waals surface area contributed by atoms with Gasteiger partial charge in [-0.3, -0.25) is 4.98 Å². The minimum atomic E-state index is -0.358. The molecule has 0 bridgehead atoms. The number of benzene rings is 7. The van der Waals surface area contributed by atoms with Crippen LogP contribution in [-0.2, 0) is 5.41 Å². The van der Waals surface area contributed by atoms with Crippen LogP contribution in [-0.4, -0.2) is 19.9 Å². The van der Waals surface area contributed by atoms with Crippen molar-refractivity contribution in [2.24, 2.45) is 0 Å². The fraction of sp³-hybridized carbons (Fsp3) is 0.0196. The lowest BCUT2D eigenvalue weighted by Gasteiger charge is -2.30. The van der Waals surface area contributed by atoms with E-state index in [-0.39, 0.29) is 5.41 Å². The monoisotopic (exact) mass is 700 g/mol. The molecule has 2 heterocycles. The SMILES string of the molecule is c1ccc(-c2ccc(-c3nc(-c4cccnc4)nc(-c4cccc(-c5ccc6c(c5)-c5ccccc5C65c6ccccc6-c6ccccc65)c4)n3)cc2)cc1. The quantitative estimate of drug-likeness (QED) is 0.179. The summed E-state index contributed by atoms with van der Waals surface area (Å²) in [4.78, 5) is 19.4. The average molecular weight is 701 g/mol. The van der Waals surface area contributed by atoms with Crippen molar-refractivity contribution in [2.75, 3.05) is 0 Å². The largest absolute Gasteiger partial charge is 0.264 e. The van der Waals surface area contributed by atoms with Crippen LogP contribution in [0.15, 0.2) is 194 Å². The van der Waals surface area contributed by atoms with Crippen molar-refractivity contribution in [3.05, 3.63) is 217 Å². The summed E-state index contributed by atoms with van der Waals surface area (Å²) in [7, 11) is 0. The van der Waals surface area contributed by atoms with Gasteiger partial charge in [-0.1, -0.05) is 158 Å². The third kappa shape index (κ3) is 4.85. The standard InChI is InChI=1S/C51H32N4/c1-2-12-33(13-3-1)34-23-25-35(26-24-34)48-53-49(55-50(54-48)39-16-11-29-52-32-39)38-15-10-14-36(30-38)37-27-28-47-43(31-37)42-19-6-9-22-46(42)51(47)44-20-7-4-17-40(44)41-18-5-8-21-45(41)51/h1-32H. The highest BCUT2D eigenvalue weighted by molar-refractivity contribution is 5.96. The van der Waals surface area contributed by atoms with E-state index in [0.717, 1.165) is 33.4 Å². The van der Waals surface area contributed by atoms with E-state index in [2.05, 4.69) is 169 Å². The molecule has 256 valence electrons. The Kier molecular flexibility index (Phi) is 7.04. The lowest BCUT2D eigenvalue weighted by atomic mass is 9.70. The van der Waals surface area contributed by atoms with E-state index in [0.29, 0.717) is 17.5 Å². The summed E-state index contributed by atoms with van der Waals surface area (Å²) in [5.74, 6) is 1.81. The summed E-state index contributed by atoms with van der Waals surface area (Å²) < 4.78 is 0. The van der Waals surface area contributed by atoms with Gasteiger partial charge < -0.3 is 0 Å². The summed E-state index contributed by atoms with van der Waals surface area (Å²) in [5.41, 5.74) is 17.4. The molecule has 0 atom stereocenters. The van der Waals surface area contributed by atoms with Crippen LogP contribution in [0.4, 0.5) is 0 Å². The van der Waals surface area contributed by atoms with Crippen LogP contribution in [0.1, 0.15) is 22.3 Å². The molecule has 0 saturated carbocycles. The molecule has 0 N–H and O–H groups in total. The highest BCUT2D eigenvalue weighted by Gasteiger charge is 2.51. The van der Waals surface area contributed by atoms with E-state index in [1.54, 1.807) is 12.4 Å². The second kappa shape index (κ2) is 12.4. The zero-order valence-electron chi connectivity index (χ0n) is 29.8. The maximum Gasteiger partial charge on any atom is 0.165 e. The fourth-order valence-corrected chi connectivity index (χ4v) is 8.82. The number of rotatable bonds is 5. The first-order chi connectivity index (χ1) is 27.3. The van der Waals surface area contributed by atoms with Crippen LogP contribution in [0.2, 0.25) is 0 Å². The molecule has 0 aliphatic heterocycles. The van der Waals surface area contributed by atoms with Gasteiger partial charge in [-0.15, -0.1) is 0 Å². The molecule has 0 amide bonds. The van der Waals surface area contributed by atoms with Crippen LogP contribution in [0.5, 0.6) is 0 Å². The average Bonchev–Trinajstić information content (AvgIpc) is 3.74. The van der Waals surface area contributed by atoms with E-state index in [9.17, 15) is 0 Å². The molecule has 7 aromatic carbocycles. The molecule has 2 aliphatic carbocycles. The van der Waals surface area contributed by atoms with E-state index in [1.165, 1.54) is 50.1 Å². The third-order valence-electron chi connectivity index (χ3n) is 11.3. The van der Waals surface area contributed by atoms with Crippen LogP contribution >= 0.6 is 0 Å². The zero-order chi connectivity index (χ0) is 36.3. The molecular weight excluding hydrogens is 669 g/mol. The van der Waals surface area contributed by atoms with Gasteiger partial charge in [0, 0.05) is 29.1 Å². The lowest BCUT2D eigenvalue weighted by Crippen LogP contribution is -2.25. The molecule has 2 aromatic heterocycles. The summed E-state index contributed by atoms with van der Waals surface area (Å²) in [6.45, 7) is 0. The maximum absolute atomic E-state index is 5.07. The Labute approximate surface area is 319 Å². The van der Waals surface area contributed by atoms with Crippen LogP contribution in [0.25, 0.3) is 78.7 Å². The number of hydrogen-bond acceptors (Lipinski definition) is 4. The predicted molar refractivity (Wildman–Crippen MR) is 221 cm³/mol. The minimum Gasteiger partial charge on any atom is -0.264 e. The lowest BCUT2D eigenvalue weighted by molar-refractivity contribution is 0.794. The molecule has 0 unspecified atom stereocenters. The van der Waals surface area contributed by atoms with Gasteiger partial charge in [-0.25, -0.2) is 15.0 Å². The van der Waals surface area contributed by atoms with Gasteiger partial charge in [0.25, 0.3) is 0 Å². The van der Waals surface area contributed by atoms with Crippen molar-refractivity contribution in [1.29, 1.82) is 0 Å². The molecule has 4 nitrogen and oxygen atoms in total. The van der Waals surface area contributed by atoms with Crippen LogP contribution < -0.4 is 0 Å². The molecule has 0 radical (unpaired) electrons. The van der Waals surface area contributed by atoms with Crippen molar-refractivity contribution in [3.63, 3.8) is 0 Å². The van der Waals surface area contributed by atoms with E-state index in [4.69, 9.17) is 15.0 Å². The van der Waals surface area contributed by atoms with Crippen LogP contribution in [0.3, 0.4) is 0 Å². The number of nitrogens with zero attached hydrogens (tertiary/aromatic N) is 4. The molecule has 4 heteroatoms. The molecule has 1 spiro atoms. The number of pyridine rings is 1.